The average Bonchev–Trinajstić information content (AvgIpc) is 2.70. The fraction of sp³-hybridized carbons (Fsp3) is 0.364. The molecule has 0 fully saturated rings. The van der Waals surface area contributed by atoms with Gasteiger partial charge in [-0.1, -0.05) is 36.4 Å². The molecule has 30 heavy (non-hydrogen) atoms. The zero-order valence-corrected chi connectivity index (χ0v) is 17.4. The number of ether oxygens (including phenoxy) is 2. The molecule has 0 spiro atoms. The van der Waals surface area contributed by atoms with E-state index in [1.165, 1.54) is 0 Å². The Morgan fingerprint density at radius 1 is 1.03 bits per heavy atom. The van der Waals surface area contributed by atoms with Crippen LogP contribution >= 0.6 is 0 Å². The monoisotopic (exact) mass is 413 g/mol. The molecule has 0 bridgehead atoms. The van der Waals surface area contributed by atoms with Crippen molar-refractivity contribution in [3.8, 4) is 0 Å². The van der Waals surface area contributed by atoms with Gasteiger partial charge in [0.2, 0.25) is 5.91 Å². The lowest BCUT2D eigenvalue weighted by Crippen LogP contribution is -2.48. The van der Waals surface area contributed by atoms with Gasteiger partial charge < -0.3 is 20.1 Å². The number of benzene rings is 1. The van der Waals surface area contributed by atoms with Gasteiger partial charge in [-0.15, -0.1) is 0 Å². The van der Waals surface area contributed by atoms with Crippen LogP contribution in [-0.2, 0) is 32.2 Å². The van der Waals surface area contributed by atoms with Crippen molar-refractivity contribution in [2.75, 3.05) is 0 Å². The molecule has 160 valence electrons. The van der Waals surface area contributed by atoms with Gasteiger partial charge in [0.15, 0.2) is 0 Å². The number of carbonyl (C=O) groups is 3. The Labute approximate surface area is 176 Å². The highest BCUT2D eigenvalue weighted by Gasteiger charge is 2.27. The number of hydrogen-bond donors (Lipinski definition) is 2. The van der Waals surface area contributed by atoms with Crippen LogP contribution in [0.1, 0.15) is 38.3 Å². The van der Waals surface area contributed by atoms with E-state index in [-0.39, 0.29) is 19.6 Å². The largest absolute Gasteiger partial charge is 0.460 e. The van der Waals surface area contributed by atoms with E-state index in [4.69, 9.17) is 9.47 Å². The zero-order valence-electron chi connectivity index (χ0n) is 17.4. The summed E-state index contributed by atoms with van der Waals surface area (Å²) in [6.45, 7) is 5.43. The van der Waals surface area contributed by atoms with Crippen LogP contribution in [-0.4, -0.2) is 34.6 Å². The highest BCUT2D eigenvalue weighted by molar-refractivity contribution is 5.89. The number of aromatic nitrogens is 1. The third-order valence-electron chi connectivity index (χ3n) is 3.80. The first-order chi connectivity index (χ1) is 14.2. The second kappa shape index (κ2) is 10.9. The van der Waals surface area contributed by atoms with Crippen molar-refractivity contribution in [3.63, 3.8) is 0 Å². The number of nitrogens with one attached hydrogen (secondary N) is 2. The number of carbonyl (C=O) groups excluding carboxylic acids is 3. The summed E-state index contributed by atoms with van der Waals surface area (Å²) < 4.78 is 10.4. The number of esters is 1. The van der Waals surface area contributed by atoms with Crippen LogP contribution in [0.25, 0.3) is 0 Å². The SMILES string of the molecule is CC(C)(C)OC(=O)C[C@H](NC(=O)OCc1ccccc1)C(=O)NCc1cccnc1. The summed E-state index contributed by atoms with van der Waals surface area (Å²) >= 11 is 0. The summed E-state index contributed by atoms with van der Waals surface area (Å²) in [5.74, 6) is -1.13. The molecule has 0 unspecified atom stereocenters. The number of pyridine rings is 1. The number of amides is 2. The Bertz CT molecular complexity index is 835. The van der Waals surface area contributed by atoms with Gasteiger partial charge in [0.05, 0.1) is 6.42 Å². The predicted molar refractivity (Wildman–Crippen MR) is 110 cm³/mol. The number of rotatable bonds is 8. The molecule has 1 atom stereocenters. The van der Waals surface area contributed by atoms with E-state index in [2.05, 4.69) is 15.6 Å². The molecular weight excluding hydrogens is 386 g/mol. The Kier molecular flexibility index (Phi) is 8.34. The summed E-state index contributed by atoms with van der Waals surface area (Å²) in [5.41, 5.74) is 0.882. The van der Waals surface area contributed by atoms with Gasteiger partial charge in [-0.05, 0) is 38.0 Å². The van der Waals surface area contributed by atoms with Crippen molar-refractivity contribution in [1.29, 1.82) is 0 Å². The Hall–Kier alpha value is -3.42. The van der Waals surface area contributed by atoms with E-state index < -0.39 is 29.6 Å². The van der Waals surface area contributed by atoms with Gasteiger partial charge in [-0.25, -0.2) is 4.79 Å². The molecular formula is C22H27N3O5. The molecule has 1 aromatic heterocycles. The molecule has 0 aliphatic heterocycles. The van der Waals surface area contributed by atoms with Crippen LogP contribution in [0.3, 0.4) is 0 Å². The minimum atomic E-state index is -1.14. The van der Waals surface area contributed by atoms with E-state index in [0.717, 1.165) is 11.1 Å². The summed E-state index contributed by atoms with van der Waals surface area (Å²) in [6, 6.07) is 11.5. The second-order valence-corrected chi connectivity index (χ2v) is 7.63. The van der Waals surface area contributed by atoms with Crippen LogP contribution in [0.15, 0.2) is 54.9 Å². The minimum Gasteiger partial charge on any atom is -0.460 e. The van der Waals surface area contributed by atoms with Crippen molar-refractivity contribution in [3.05, 3.63) is 66.0 Å². The van der Waals surface area contributed by atoms with Gasteiger partial charge in [0.1, 0.15) is 18.2 Å². The Balaban J connectivity index is 1.97. The topological polar surface area (TPSA) is 107 Å². The van der Waals surface area contributed by atoms with Crippen molar-refractivity contribution < 1.29 is 23.9 Å². The standard InChI is InChI=1S/C22H27N3O5/c1-22(2,3)30-19(26)12-18(20(27)24-14-17-10-7-11-23-13-17)25-21(28)29-15-16-8-5-4-6-9-16/h4-11,13,18H,12,14-15H2,1-3H3,(H,24,27)(H,25,28)/t18-/m0/s1. The maximum atomic E-state index is 12.6. The third kappa shape index (κ3) is 8.72. The van der Waals surface area contributed by atoms with Crippen molar-refractivity contribution in [1.82, 2.24) is 15.6 Å². The second-order valence-electron chi connectivity index (χ2n) is 7.63. The molecule has 1 heterocycles. The number of hydrogen-bond acceptors (Lipinski definition) is 6. The first-order valence-electron chi connectivity index (χ1n) is 9.58. The van der Waals surface area contributed by atoms with Crippen molar-refractivity contribution in [2.45, 2.75) is 52.0 Å². The first kappa shape index (κ1) is 22.9. The summed E-state index contributed by atoms with van der Waals surface area (Å²) in [7, 11) is 0. The molecule has 0 aliphatic carbocycles. The van der Waals surface area contributed by atoms with E-state index in [1.54, 1.807) is 45.3 Å². The van der Waals surface area contributed by atoms with Gasteiger partial charge in [0, 0.05) is 18.9 Å². The molecule has 2 rings (SSSR count). The molecule has 0 saturated heterocycles. The lowest BCUT2D eigenvalue weighted by atomic mass is 10.1. The summed E-state index contributed by atoms with van der Waals surface area (Å²) in [4.78, 5) is 41.0. The normalized spacial score (nSPS) is 11.8. The van der Waals surface area contributed by atoms with Crippen LogP contribution in [0.5, 0.6) is 0 Å². The van der Waals surface area contributed by atoms with Crippen molar-refractivity contribution >= 4 is 18.0 Å². The third-order valence-corrected chi connectivity index (χ3v) is 3.80. The summed E-state index contributed by atoms with van der Waals surface area (Å²) in [5, 5.41) is 5.14. The van der Waals surface area contributed by atoms with Crippen molar-refractivity contribution in [2.24, 2.45) is 0 Å². The van der Waals surface area contributed by atoms with E-state index in [1.807, 2.05) is 30.3 Å². The fourth-order valence-corrected chi connectivity index (χ4v) is 2.48. The molecule has 2 N–H and O–H groups in total. The maximum Gasteiger partial charge on any atom is 0.408 e. The van der Waals surface area contributed by atoms with E-state index >= 15 is 0 Å². The zero-order chi connectivity index (χ0) is 22.0. The Morgan fingerprint density at radius 3 is 2.37 bits per heavy atom. The predicted octanol–water partition coefficient (Wildman–Crippen LogP) is 2.72. The van der Waals surface area contributed by atoms with Crippen LogP contribution in [0.2, 0.25) is 0 Å². The molecule has 2 aromatic rings. The Morgan fingerprint density at radius 2 is 1.73 bits per heavy atom. The maximum absolute atomic E-state index is 12.6. The molecule has 8 nitrogen and oxygen atoms in total. The van der Waals surface area contributed by atoms with Crippen LogP contribution < -0.4 is 10.6 Å². The smallest absolute Gasteiger partial charge is 0.408 e. The number of alkyl carbamates (subject to hydrolysis) is 1. The quantitative estimate of drug-likeness (QED) is 0.645. The molecule has 2 amide bonds. The fourth-order valence-electron chi connectivity index (χ4n) is 2.48. The van der Waals surface area contributed by atoms with Crippen LogP contribution in [0.4, 0.5) is 4.79 Å². The van der Waals surface area contributed by atoms with Gasteiger partial charge in [-0.3, -0.25) is 14.6 Å². The highest BCUT2D eigenvalue weighted by Crippen LogP contribution is 2.10. The molecule has 0 aliphatic rings. The first-order valence-corrected chi connectivity index (χ1v) is 9.58. The van der Waals surface area contributed by atoms with E-state index in [9.17, 15) is 14.4 Å². The lowest BCUT2D eigenvalue weighted by Gasteiger charge is -2.22. The van der Waals surface area contributed by atoms with Gasteiger partial charge in [-0.2, -0.15) is 0 Å². The average molecular weight is 413 g/mol. The molecule has 0 saturated carbocycles. The molecule has 1 aromatic carbocycles. The molecule has 0 radical (unpaired) electrons. The highest BCUT2D eigenvalue weighted by atomic mass is 16.6. The number of nitrogens with zero attached hydrogens (tertiary/aromatic N) is 1. The minimum absolute atomic E-state index is 0.0448. The lowest BCUT2D eigenvalue weighted by molar-refractivity contribution is -0.156. The van der Waals surface area contributed by atoms with Gasteiger partial charge >= 0.3 is 12.1 Å². The molecule has 8 heteroatoms. The van der Waals surface area contributed by atoms with Gasteiger partial charge in [0.25, 0.3) is 0 Å². The summed E-state index contributed by atoms with van der Waals surface area (Å²) in [6.07, 6.45) is 2.12. The van der Waals surface area contributed by atoms with E-state index in [0.29, 0.717) is 0 Å². The van der Waals surface area contributed by atoms with Crippen LogP contribution in [0, 0.1) is 0 Å².